The van der Waals surface area contributed by atoms with Crippen molar-refractivity contribution in [2.45, 2.75) is 154 Å². The molecule has 0 bridgehead atoms. The number of hydrogen-bond acceptors (Lipinski definition) is 4. The molecule has 232 valence electrons. The van der Waals surface area contributed by atoms with E-state index in [4.69, 9.17) is 18.6 Å². The van der Waals surface area contributed by atoms with Gasteiger partial charge in [-0.25, -0.2) is 0 Å². The summed E-state index contributed by atoms with van der Waals surface area (Å²) < 4.78 is 26.0. The van der Waals surface area contributed by atoms with Gasteiger partial charge in [-0.05, 0) is 87.6 Å². The third-order valence-electron chi connectivity index (χ3n) is 11.2. The Morgan fingerprint density at radius 3 is 1.37 bits per heavy atom. The zero-order valence-electron chi connectivity index (χ0n) is 28.5. The Hall–Kier alpha value is -1.72. The molecular weight excluding hydrogens is 530 g/mol. The van der Waals surface area contributed by atoms with Crippen molar-refractivity contribution in [2.75, 3.05) is 0 Å². The zero-order chi connectivity index (χ0) is 31.3. The maximum absolute atomic E-state index is 6.55. The maximum atomic E-state index is 6.55. The van der Waals surface area contributed by atoms with Crippen LogP contribution in [-0.4, -0.2) is 36.6 Å². The summed E-state index contributed by atoms with van der Waals surface area (Å²) in [6.07, 6.45) is 12.3. The second-order valence-electron chi connectivity index (χ2n) is 15.2. The smallest absolute Gasteiger partial charge is 0.399 e. The van der Waals surface area contributed by atoms with E-state index in [9.17, 15) is 0 Å². The number of unbranched alkanes of at least 4 members (excludes halogenated alkanes) is 6. The van der Waals surface area contributed by atoms with Crippen LogP contribution in [0.4, 0.5) is 0 Å². The van der Waals surface area contributed by atoms with Crippen LogP contribution in [-0.2, 0) is 24.0 Å². The molecule has 0 spiro atoms. The van der Waals surface area contributed by atoms with Crippen LogP contribution in [0.1, 0.15) is 138 Å². The van der Waals surface area contributed by atoms with Crippen LogP contribution in [0.2, 0.25) is 0 Å². The molecule has 1 unspecified atom stereocenters. The fourth-order valence-corrected chi connectivity index (χ4v) is 7.10. The number of fused-ring (bicyclic) bond motifs is 3. The summed E-state index contributed by atoms with van der Waals surface area (Å²) >= 11 is 0. The van der Waals surface area contributed by atoms with Gasteiger partial charge in [-0.1, -0.05) is 102 Å². The molecule has 0 N–H and O–H groups in total. The predicted octanol–water partition coefficient (Wildman–Crippen LogP) is 8.31. The molecule has 5 rings (SSSR count). The van der Waals surface area contributed by atoms with Crippen molar-refractivity contribution in [3.8, 4) is 11.1 Å². The minimum absolute atomic E-state index is 0.0658. The largest absolute Gasteiger partial charge is 0.498 e. The Morgan fingerprint density at radius 1 is 0.558 bits per heavy atom. The van der Waals surface area contributed by atoms with E-state index in [1.54, 1.807) is 0 Å². The second-order valence-corrected chi connectivity index (χ2v) is 15.2. The van der Waals surface area contributed by atoms with E-state index in [1.165, 1.54) is 73.6 Å². The molecule has 2 aromatic rings. The highest BCUT2D eigenvalue weighted by Gasteiger charge is 2.58. The fourth-order valence-electron chi connectivity index (χ4n) is 7.10. The minimum atomic E-state index is -0.616. The van der Waals surface area contributed by atoms with Crippen molar-refractivity contribution < 1.29 is 18.6 Å². The zero-order valence-corrected chi connectivity index (χ0v) is 28.5. The van der Waals surface area contributed by atoms with Gasteiger partial charge in [0.05, 0.1) is 18.1 Å². The lowest BCUT2D eigenvalue weighted by atomic mass is 9.67. The first-order valence-corrected chi connectivity index (χ1v) is 17.0. The van der Waals surface area contributed by atoms with Crippen LogP contribution in [0.5, 0.6) is 0 Å². The van der Waals surface area contributed by atoms with E-state index in [2.05, 4.69) is 98.7 Å². The standard InChI is InChI=1S/C37H55B2O4/c1-11-13-15-17-23-37(24-18-16-14-12-2)31-25-27(38-40-33(3,4)34(5,6)41-38)19-21-29(31)30-22-20-28(26-32(30)37)39-42-35(7,8)36(9,10)43-39/h19-22,25-26H,3,11-18,23-24H2,1-2,4-10H3/q+1. The molecule has 0 amide bonds. The van der Waals surface area contributed by atoms with Gasteiger partial charge in [0.25, 0.3) is 0 Å². The van der Waals surface area contributed by atoms with Gasteiger partial charge in [-0.3, -0.25) is 0 Å². The molecule has 0 aromatic heterocycles. The van der Waals surface area contributed by atoms with E-state index in [0.29, 0.717) is 0 Å². The Kier molecular flexibility index (Phi) is 9.04. The first-order chi connectivity index (χ1) is 20.2. The predicted molar refractivity (Wildman–Crippen MR) is 181 cm³/mol. The molecule has 43 heavy (non-hydrogen) atoms. The molecule has 0 saturated carbocycles. The van der Waals surface area contributed by atoms with Crippen molar-refractivity contribution in [1.29, 1.82) is 0 Å². The SMILES string of the molecule is [CH2+]C1(C)OB(c2ccc3c(c2)C(CCCCCC)(CCCCCC)c2cc(B4OC(C)(C)C(C)(C)O4)ccc2-3)OC1(C)C. The van der Waals surface area contributed by atoms with Crippen molar-refractivity contribution in [3.63, 3.8) is 0 Å². The highest BCUT2D eigenvalue weighted by atomic mass is 16.7. The van der Waals surface area contributed by atoms with Crippen LogP contribution >= 0.6 is 0 Å². The summed E-state index contributed by atoms with van der Waals surface area (Å²) in [7, 11) is -0.797. The van der Waals surface area contributed by atoms with E-state index >= 15 is 0 Å². The topological polar surface area (TPSA) is 36.9 Å². The van der Waals surface area contributed by atoms with Gasteiger partial charge in [-0.2, -0.15) is 0 Å². The van der Waals surface area contributed by atoms with E-state index in [-0.39, 0.29) is 23.7 Å². The molecule has 4 nitrogen and oxygen atoms in total. The van der Waals surface area contributed by atoms with E-state index in [0.717, 1.165) is 23.8 Å². The molecule has 2 saturated heterocycles. The molecular formula is C37H55B2O4+. The molecule has 6 heteroatoms. The Morgan fingerprint density at radius 2 is 0.977 bits per heavy atom. The number of hydrogen-bond donors (Lipinski definition) is 0. The average molecular weight is 585 g/mol. The number of rotatable bonds is 12. The van der Waals surface area contributed by atoms with Crippen LogP contribution in [0.3, 0.4) is 0 Å². The van der Waals surface area contributed by atoms with Gasteiger partial charge >= 0.3 is 14.2 Å². The van der Waals surface area contributed by atoms with Gasteiger partial charge < -0.3 is 18.6 Å². The molecule has 0 radical (unpaired) electrons. The first kappa shape index (κ1) is 32.7. The van der Waals surface area contributed by atoms with Crippen molar-refractivity contribution in [3.05, 3.63) is 54.4 Å². The van der Waals surface area contributed by atoms with Gasteiger partial charge in [0.15, 0.2) is 0 Å². The highest BCUT2D eigenvalue weighted by molar-refractivity contribution is 6.62. The Bertz CT molecular complexity index is 1170. The van der Waals surface area contributed by atoms with Crippen molar-refractivity contribution >= 4 is 25.2 Å². The summed E-state index contributed by atoms with van der Waals surface area (Å²) in [5, 5.41) is 0. The quantitative estimate of drug-likeness (QED) is 0.143. The highest BCUT2D eigenvalue weighted by Crippen LogP contribution is 2.54. The normalized spacial score (nSPS) is 24.4. The molecule has 3 aliphatic rings. The lowest BCUT2D eigenvalue weighted by Gasteiger charge is -2.33. The Balaban J connectivity index is 1.60. The van der Waals surface area contributed by atoms with Gasteiger partial charge in [0, 0.05) is 12.3 Å². The van der Waals surface area contributed by atoms with Crippen molar-refractivity contribution in [2.24, 2.45) is 0 Å². The average Bonchev–Trinajstić information content (AvgIpc) is 3.43. The minimum Gasteiger partial charge on any atom is -0.399 e. The van der Waals surface area contributed by atoms with Crippen LogP contribution < -0.4 is 10.9 Å². The number of benzene rings is 2. The van der Waals surface area contributed by atoms with Gasteiger partial charge in [0.1, 0.15) is 5.60 Å². The second kappa shape index (κ2) is 11.9. The Labute approximate surface area is 263 Å². The summed E-state index contributed by atoms with van der Waals surface area (Å²) in [6, 6.07) is 13.9. The van der Waals surface area contributed by atoms with Crippen LogP contribution in [0, 0.1) is 6.92 Å². The first-order valence-electron chi connectivity index (χ1n) is 17.0. The van der Waals surface area contributed by atoms with E-state index in [1.807, 2.05) is 6.92 Å². The molecule has 2 aliphatic heterocycles. The molecule has 2 heterocycles. The van der Waals surface area contributed by atoms with E-state index < -0.39 is 18.3 Å². The lowest BCUT2D eigenvalue weighted by molar-refractivity contribution is 0.00578. The third-order valence-corrected chi connectivity index (χ3v) is 11.2. The van der Waals surface area contributed by atoms with Crippen LogP contribution in [0.15, 0.2) is 36.4 Å². The molecule has 2 fully saturated rings. The van der Waals surface area contributed by atoms with Gasteiger partial charge in [0.2, 0.25) is 5.60 Å². The molecule has 1 aliphatic carbocycles. The molecule has 1 atom stereocenters. The summed E-state index contributed by atoms with van der Waals surface area (Å²) in [4.78, 5) is 0. The summed E-state index contributed by atoms with van der Waals surface area (Å²) in [6.45, 7) is 23.6. The fraction of sp³-hybridized carbons (Fsp3) is 0.649. The third kappa shape index (κ3) is 5.87. The lowest BCUT2D eigenvalue weighted by Crippen LogP contribution is -2.42. The van der Waals surface area contributed by atoms with Gasteiger partial charge in [-0.15, -0.1) is 0 Å². The monoisotopic (exact) mass is 585 g/mol. The maximum Gasteiger partial charge on any atom is 0.498 e. The summed E-state index contributed by atoms with van der Waals surface area (Å²) in [5.74, 6) is 0. The van der Waals surface area contributed by atoms with Crippen LogP contribution in [0.25, 0.3) is 11.1 Å². The molecule has 2 aromatic carbocycles. The summed E-state index contributed by atoms with van der Waals surface area (Å²) in [5.41, 5.74) is 5.87. The van der Waals surface area contributed by atoms with Crippen molar-refractivity contribution in [1.82, 2.24) is 0 Å².